The molecule has 0 radical (unpaired) electrons. The number of hydrogen-bond acceptors (Lipinski definition) is 5. The van der Waals surface area contributed by atoms with Crippen LogP contribution in [0.2, 0.25) is 0 Å². The lowest BCUT2D eigenvalue weighted by Gasteiger charge is -2.04. The second kappa shape index (κ2) is 5.98. The zero-order valence-corrected chi connectivity index (χ0v) is 11.5. The Balaban J connectivity index is 2.46. The summed E-state index contributed by atoms with van der Waals surface area (Å²) in [6.45, 7) is -0.441. The molecular weight excluding hydrogens is 285 g/mol. The van der Waals surface area contributed by atoms with Crippen LogP contribution in [0.25, 0.3) is 10.1 Å². The van der Waals surface area contributed by atoms with Crippen LogP contribution < -0.4 is 5.73 Å². The number of esters is 1. The molecule has 0 atom stereocenters. The van der Waals surface area contributed by atoms with E-state index in [4.69, 9.17) is 15.2 Å². The molecule has 0 aliphatic carbocycles. The molecular formula is C13H12FNO4S. The van der Waals surface area contributed by atoms with Crippen molar-refractivity contribution in [3.63, 3.8) is 0 Å². The molecule has 0 saturated heterocycles. The number of carbonyl (C=O) groups is 2. The molecule has 1 aromatic carbocycles. The Bertz CT molecular complexity index is 668. The van der Waals surface area contributed by atoms with E-state index in [-0.39, 0.29) is 11.5 Å². The van der Waals surface area contributed by atoms with E-state index >= 15 is 0 Å². The molecule has 5 nitrogen and oxygen atoms in total. The minimum absolute atomic E-state index is 0.0714. The highest BCUT2D eigenvalue weighted by atomic mass is 32.1. The van der Waals surface area contributed by atoms with Crippen molar-refractivity contribution in [2.24, 2.45) is 5.73 Å². The number of ether oxygens (including phenoxy) is 2. The minimum atomic E-state index is -0.751. The summed E-state index contributed by atoms with van der Waals surface area (Å²) in [6.07, 6.45) is 0. The second-order valence-corrected chi connectivity index (χ2v) is 5.05. The van der Waals surface area contributed by atoms with Crippen molar-refractivity contribution in [1.82, 2.24) is 0 Å². The van der Waals surface area contributed by atoms with Crippen molar-refractivity contribution in [2.45, 2.75) is 6.61 Å². The van der Waals surface area contributed by atoms with Crippen LogP contribution in [-0.4, -0.2) is 25.6 Å². The van der Waals surface area contributed by atoms with Crippen LogP contribution in [0.4, 0.5) is 4.39 Å². The van der Waals surface area contributed by atoms with Crippen LogP contribution >= 0.6 is 11.3 Å². The summed E-state index contributed by atoms with van der Waals surface area (Å²) in [6, 6.07) is 4.57. The molecule has 0 fully saturated rings. The fourth-order valence-electron chi connectivity index (χ4n) is 1.82. The molecule has 0 spiro atoms. The van der Waals surface area contributed by atoms with E-state index in [1.54, 1.807) is 12.1 Å². The molecule has 106 valence electrons. The standard InChI is InChI=1S/C13H12FNO4S/c1-18-5-7-11-8(14)3-2-4-9(11)20-12(7)13(17)19-6-10(15)16/h2-4H,5-6H2,1H3,(H2,15,16). The van der Waals surface area contributed by atoms with Gasteiger partial charge in [-0.2, -0.15) is 0 Å². The van der Waals surface area contributed by atoms with Gasteiger partial charge in [0.25, 0.3) is 5.91 Å². The molecule has 1 amide bonds. The number of primary amides is 1. The maximum Gasteiger partial charge on any atom is 0.349 e. The van der Waals surface area contributed by atoms with Crippen LogP contribution in [0.1, 0.15) is 15.2 Å². The predicted octanol–water partition coefficient (Wildman–Crippen LogP) is 1.83. The van der Waals surface area contributed by atoms with Gasteiger partial charge in [0.2, 0.25) is 0 Å². The van der Waals surface area contributed by atoms with E-state index < -0.39 is 24.3 Å². The highest BCUT2D eigenvalue weighted by molar-refractivity contribution is 7.21. The maximum absolute atomic E-state index is 13.9. The molecule has 0 saturated carbocycles. The van der Waals surface area contributed by atoms with Gasteiger partial charge in [-0.1, -0.05) is 6.07 Å². The molecule has 0 aliphatic heterocycles. The Morgan fingerprint density at radius 3 is 2.80 bits per heavy atom. The smallest absolute Gasteiger partial charge is 0.349 e. The summed E-state index contributed by atoms with van der Waals surface area (Å²) in [5.41, 5.74) is 5.33. The van der Waals surface area contributed by atoms with Crippen molar-refractivity contribution in [2.75, 3.05) is 13.7 Å². The van der Waals surface area contributed by atoms with E-state index in [1.807, 2.05) is 0 Å². The van der Waals surface area contributed by atoms with Gasteiger partial charge in [-0.25, -0.2) is 9.18 Å². The van der Waals surface area contributed by atoms with E-state index in [1.165, 1.54) is 13.2 Å². The fraction of sp³-hybridized carbons (Fsp3) is 0.231. The largest absolute Gasteiger partial charge is 0.451 e. The maximum atomic E-state index is 13.9. The third-order valence-corrected chi connectivity index (χ3v) is 3.76. The predicted molar refractivity (Wildman–Crippen MR) is 72.0 cm³/mol. The van der Waals surface area contributed by atoms with E-state index in [0.717, 1.165) is 11.3 Å². The Morgan fingerprint density at radius 1 is 1.40 bits per heavy atom. The summed E-state index contributed by atoms with van der Waals surface area (Å²) in [7, 11) is 1.45. The molecule has 1 heterocycles. The average Bonchev–Trinajstić information content (AvgIpc) is 2.77. The van der Waals surface area contributed by atoms with Gasteiger partial charge in [0.15, 0.2) is 6.61 Å². The second-order valence-electron chi connectivity index (χ2n) is 4.00. The normalized spacial score (nSPS) is 10.7. The summed E-state index contributed by atoms with van der Waals surface area (Å²) >= 11 is 1.09. The van der Waals surface area contributed by atoms with Crippen molar-refractivity contribution in [3.05, 3.63) is 34.5 Å². The SMILES string of the molecule is COCc1c(C(=O)OCC(N)=O)sc2cccc(F)c12. The molecule has 2 N–H and O–H groups in total. The number of fused-ring (bicyclic) bond motifs is 1. The van der Waals surface area contributed by atoms with E-state index in [9.17, 15) is 14.0 Å². The lowest BCUT2D eigenvalue weighted by atomic mass is 10.1. The van der Waals surface area contributed by atoms with Crippen LogP contribution in [0.3, 0.4) is 0 Å². The minimum Gasteiger partial charge on any atom is -0.451 e. The number of rotatable bonds is 5. The summed E-state index contributed by atoms with van der Waals surface area (Å²) in [4.78, 5) is 22.8. The highest BCUT2D eigenvalue weighted by Crippen LogP contribution is 2.34. The molecule has 0 unspecified atom stereocenters. The first-order valence-corrected chi connectivity index (χ1v) is 6.50. The number of benzene rings is 1. The van der Waals surface area contributed by atoms with Gasteiger partial charge in [0.1, 0.15) is 10.7 Å². The van der Waals surface area contributed by atoms with Crippen molar-refractivity contribution in [3.8, 4) is 0 Å². The first-order chi connectivity index (χ1) is 9.54. The number of halogens is 1. The Morgan fingerprint density at radius 2 is 2.15 bits per heavy atom. The zero-order chi connectivity index (χ0) is 14.7. The summed E-state index contributed by atoms with van der Waals surface area (Å²) in [5, 5.41) is 0.338. The van der Waals surface area contributed by atoms with Crippen LogP contribution in [0.5, 0.6) is 0 Å². The van der Waals surface area contributed by atoms with Gasteiger partial charge in [0.05, 0.1) is 6.61 Å². The van der Waals surface area contributed by atoms with Gasteiger partial charge < -0.3 is 15.2 Å². The van der Waals surface area contributed by atoms with E-state index in [2.05, 4.69) is 0 Å². The molecule has 0 aliphatic rings. The fourth-order valence-corrected chi connectivity index (χ4v) is 2.93. The van der Waals surface area contributed by atoms with Gasteiger partial charge >= 0.3 is 5.97 Å². The number of methoxy groups -OCH3 is 1. The summed E-state index contributed by atoms with van der Waals surface area (Å²) < 4.78 is 24.3. The third-order valence-electron chi connectivity index (χ3n) is 2.58. The number of amides is 1. The number of thiophene rings is 1. The average molecular weight is 297 g/mol. The van der Waals surface area contributed by atoms with E-state index in [0.29, 0.717) is 15.6 Å². The van der Waals surface area contributed by atoms with Crippen LogP contribution in [0.15, 0.2) is 18.2 Å². The first kappa shape index (κ1) is 14.4. The molecule has 2 rings (SSSR count). The number of carbonyl (C=O) groups excluding carboxylic acids is 2. The molecule has 0 bridgehead atoms. The van der Waals surface area contributed by atoms with Crippen molar-refractivity contribution in [1.29, 1.82) is 0 Å². The Labute approximate surface area is 118 Å². The van der Waals surface area contributed by atoms with Gasteiger partial charge in [0, 0.05) is 22.8 Å². The van der Waals surface area contributed by atoms with Crippen LogP contribution in [-0.2, 0) is 20.9 Å². The monoisotopic (exact) mass is 297 g/mol. The van der Waals surface area contributed by atoms with Gasteiger partial charge in [-0.05, 0) is 12.1 Å². The molecule has 1 aromatic heterocycles. The molecule has 2 aromatic rings. The zero-order valence-electron chi connectivity index (χ0n) is 10.6. The lowest BCUT2D eigenvalue weighted by molar-refractivity contribution is -0.121. The van der Waals surface area contributed by atoms with Gasteiger partial charge in [-0.15, -0.1) is 11.3 Å². The third kappa shape index (κ3) is 2.78. The Hall–Kier alpha value is -1.99. The van der Waals surface area contributed by atoms with Crippen molar-refractivity contribution < 1.29 is 23.5 Å². The Kier molecular flexibility index (Phi) is 4.31. The molecule has 7 heteroatoms. The number of nitrogens with two attached hydrogens (primary N) is 1. The van der Waals surface area contributed by atoms with Crippen LogP contribution in [0, 0.1) is 5.82 Å². The molecule has 20 heavy (non-hydrogen) atoms. The van der Waals surface area contributed by atoms with Gasteiger partial charge in [-0.3, -0.25) is 4.79 Å². The number of hydrogen-bond donors (Lipinski definition) is 1. The van der Waals surface area contributed by atoms with Crippen molar-refractivity contribution >= 4 is 33.3 Å². The topological polar surface area (TPSA) is 78.6 Å². The summed E-state index contributed by atoms with van der Waals surface area (Å²) in [5.74, 6) is -1.89. The lowest BCUT2D eigenvalue weighted by Crippen LogP contribution is -2.21. The quantitative estimate of drug-likeness (QED) is 0.854. The first-order valence-electron chi connectivity index (χ1n) is 5.69. The highest BCUT2D eigenvalue weighted by Gasteiger charge is 2.22.